The van der Waals surface area contributed by atoms with Crippen LogP contribution in [0.15, 0.2) is 0 Å². The third-order valence-corrected chi connectivity index (χ3v) is 4.30. The van der Waals surface area contributed by atoms with Gasteiger partial charge < -0.3 is 9.84 Å². The first-order valence-electron chi connectivity index (χ1n) is 7.85. The van der Waals surface area contributed by atoms with Crippen molar-refractivity contribution in [3.8, 4) is 0 Å². The molecule has 1 fully saturated rings. The van der Waals surface area contributed by atoms with E-state index in [0.717, 1.165) is 38.5 Å². The Morgan fingerprint density at radius 2 is 1.75 bits per heavy atom. The lowest BCUT2D eigenvalue weighted by Crippen LogP contribution is -2.47. The molecule has 4 nitrogen and oxygen atoms in total. The maximum atomic E-state index is 12.5. The van der Waals surface area contributed by atoms with E-state index in [1.54, 1.807) is 6.92 Å². The van der Waals surface area contributed by atoms with Crippen molar-refractivity contribution in [2.75, 3.05) is 6.61 Å². The van der Waals surface area contributed by atoms with Crippen molar-refractivity contribution in [1.29, 1.82) is 0 Å². The number of hydrogen-bond donors (Lipinski definition) is 1. The predicted molar refractivity (Wildman–Crippen MR) is 77.3 cm³/mol. The Balaban J connectivity index is 3.12. The van der Waals surface area contributed by atoms with Crippen molar-refractivity contribution in [2.45, 2.75) is 65.7 Å². The van der Waals surface area contributed by atoms with Gasteiger partial charge in [0.25, 0.3) is 0 Å². The molecule has 4 heteroatoms. The summed E-state index contributed by atoms with van der Waals surface area (Å²) in [6.45, 7) is 5.90. The molecule has 0 aromatic rings. The number of ether oxygens (including phenoxy) is 1. The van der Waals surface area contributed by atoms with Gasteiger partial charge in [0, 0.05) is 0 Å². The molecule has 1 saturated carbocycles. The average Bonchev–Trinajstić information content (AvgIpc) is 2.64. The number of carboxylic acids is 1. The highest BCUT2D eigenvalue weighted by molar-refractivity contribution is 5.99. The molecule has 0 spiro atoms. The molecule has 20 heavy (non-hydrogen) atoms. The number of esters is 1. The lowest BCUT2D eigenvalue weighted by Gasteiger charge is -2.35. The number of rotatable bonds is 6. The van der Waals surface area contributed by atoms with E-state index in [0.29, 0.717) is 6.42 Å². The summed E-state index contributed by atoms with van der Waals surface area (Å²) in [5.74, 6) is -1.48. The van der Waals surface area contributed by atoms with Gasteiger partial charge in [-0.2, -0.15) is 0 Å². The second-order valence-corrected chi connectivity index (χ2v) is 6.28. The lowest BCUT2D eigenvalue weighted by molar-refractivity contribution is -0.175. The smallest absolute Gasteiger partial charge is 0.323 e. The van der Waals surface area contributed by atoms with E-state index >= 15 is 0 Å². The summed E-state index contributed by atoms with van der Waals surface area (Å²) >= 11 is 0. The predicted octanol–water partition coefficient (Wildman–Crippen LogP) is 3.64. The summed E-state index contributed by atoms with van der Waals surface area (Å²) in [6, 6.07) is 0. The quantitative estimate of drug-likeness (QED) is 0.459. The van der Waals surface area contributed by atoms with Crippen LogP contribution < -0.4 is 0 Å². The third kappa shape index (κ3) is 3.74. The molecular weight excluding hydrogens is 256 g/mol. The first kappa shape index (κ1) is 17.0. The van der Waals surface area contributed by atoms with Gasteiger partial charge in [-0.05, 0) is 38.0 Å². The minimum atomic E-state index is -1.35. The van der Waals surface area contributed by atoms with Crippen molar-refractivity contribution in [2.24, 2.45) is 17.3 Å². The molecule has 1 aliphatic carbocycles. The maximum Gasteiger partial charge on any atom is 0.323 e. The molecule has 1 atom stereocenters. The van der Waals surface area contributed by atoms with Gasteiger partial charge in [0.05, 0.1) is 6.61 Å². The minimum absolute atomic E-state index is 0.0936. The van der Waals surface area contributed by atoms with Crippen LogP contribution in [0.4, 0.5) is 0 Å². The number of carboxylic acid groups (broad SMARTS) is 1. The number of carbonyl (C=O) groups is 2. The van der Waals surface area contributed by atoms with Crippen LogP contribution in [0.3, 0.4) is 0 Å². The number of carbonyl (C=O) groups excluding carboxylic acids is 1. The summed E-state index contributed by atoms with van der Waals surface area (Å²) in [7, 11) is 0. The standard InChI is InChI=1S/C16H28O4/c1-4-20-15(19)16(14(17)18,11-12(2)3)13-9-7-5-6-8-10-13/h12-13H,4-11H2,1-3H3,(H,17,18). The van der Waals surface area contributed by atoms with Crippen LogP contribution in [0.25, 0.3) is 0 Å². The normalized spacial score (nSPS) is 20.2. The summed E-state index contributed by atoms with van der Waals surface area (Å²) in [4.78, 5) is 24.4. The van der Waals surface area contributed by atoms with E-state index < -0.39 is 17.4 Å². The Hall–Kier alpha value is -1.06. The van der Waals surface area contributed by atoms with Crippen molar-refractivity contribution < 1.29 is 19.4 Å². The summed E-state index contributed by atoms with van der Waals surface area (Å²) in [6.07, 6.45) is 6.29. The van der Waals surface area contributed by atoms with E-state index in [9.17, 15) is 14.7 Å². The zero-order valence-corrected chi connectivity index (χ0v) is 13.0. The van der Waals surface area contributed by atoms with Gasteiger partial charge in [0.2, 0.25) is 0 Å². The summed E-state index contributed by atoms with van der Waals surface area (Å²) in [5.41, 5.74) is -1.35. The highest BCUT2D eigenvalue weighted by Gasteiger charge is 2.53. The van der Waals surface area contributed by atoms with Crippen LogP contribution in [-0.2, 0) is 14.3 Å². The summed E-state index contributed by atoms with van der Waals surface area (Å²) in [5, 5.41) is 9.81. The molecule has 0 radical (unpaired) electrons. The molecule has 0 aliphatic heterocycles. The minimum Gasteiger partial charge on any atom is -0.480 e. The van der Waals surface area contributed by atoms with E-state index in [4.69, 9.17) is 4.74 Å². The average molecular weight is 284 g/mol. The molecule has 0 heterocycles. The zero-order valence-electron chi connectivity index (χ0n) is 13.0. The molecule has 1 unspecified atom stereocenters. The van der Waals surface area contributed by atoms with Crippen molar-refractivity contribution in [1.82, 2.24) is 0 Å². The van der Waals surface area contributed by atoms with Gasteiger partial charge in [0.1, 0.15) is 0 Å². The Morgan fingerprint density at radius 1 is 1.20 bits per heavy atom. The van der Waals surface area contributed by atoms with Crippen LogP contribution in [0.2, 0.25) is 0 Å². The monoisotopic (exact) mass is 284 g/mol. The van der Waals surface area contributed by atoms with Gasteiger partial charge in [-0.25, -0.2) is 0 Å². The van der Waals surface area contributed by atoms with Crippen molar-refractivity contribution in [3.05, 3.63) is 0 Å². The molecular formula is C16H28O4. The SMILES string of the molecule is CCOC(=O)C(CC(C)C)(C(=O)O)C1CCCCCC1. The Labute approximate surface area is 121 Å². The molecule has 116 valence electrons. The molecule has 0 bridgehead atoms. The topological polar surface area (TPSA) is 63.6 Å². The summed E-state index contributed by atoms with van der Waals surface area (Å²) < 4.78 is 5.14. The second-order valence-electron chi connectivity index (χ2n) is 6.28. The molecule has 0 aromatic heterocycles. The van der Waals surface area contributed by atoms with Gasteiger partial charge in [-0.1, -0.05) is 39.5 Å². The molecule has 1 rings (SSSR count). The van der Waals surface area contributed by atoms with E-state index in [1.807, 2.05) is 13.8 Å². The number of hydrogen-bond acceptors (Lipinski definition) is 3. The highest BCUT2D eigenvalue weighted by atomic mass is 16.5. The largest absolute Gasteiger partial charge is 0.480 e. The van der Waals surface area contributed by atoms with Gasteiger partial charge in [-0.15, -0.1) is 0 Å². The van der Waals surface area contributed by atoms with Crippen LogP contribution in [0.5, 0.6) is 0 Å². The third-order valence-electron chi connectivity index (χ3n) is 4.30. The maximum absolute atomic E-state index is 12.5. The van der Waals surface area contributed by atoms with Crippen molar-refractivity contribution in [3.63, 3.8) is 0 Å². The van der Waals surface area contributed by atoms with Crippen LogP contribution in [0, 0.1) is 17.3 Å². The fraction of sp³-hybridized carbons (Fsp3) is 0.875. The van der Waals surface area contributed by atoms with E-state index in [1.165, 1.54) is 0 Å². The molecule has 0 amide bonds. The van der Waals surface area contributed by atoms with Gasteiger partial charge >= 0.3 is 11.9 Å². The first-order chi connectivity index (χ1) is 9.45. The van der Waals surface area contributed by atoms with Gasteiger partial charge in [-0.3, -0.25) is 9.59 Å². The Morgan fingerprint density at radius 3 is 2.15 bits per heavy atom. The first-order valence-corrected chi connectivity index (χ1v) is 7.85. The lowest BCUT2D eigenvalue weighted by atomic mass is 9.67. The van der Waals surface area contributed by atoms with Gasteiger partial charge in [0.15, 0.2) is 5.41 Å². The zero-order chi connectivity index (χ0) is 15.2. The van der Waals surface area contributed by atoms with Crippen LogP contribution in [-0.4, -0.2) is 23.7 Å². The molecule has 0 saturated heterocycles. The fourth-order valence-electron chi connectivity index (χ4n) is 3.44. The molecule has 1 aliphatic rings. The second kappa shape index (κ2) is 7.65. The Kier molecular flexibility index (Phi) is 6.50. The van der Waals surface area contributed by atoms with E-state index in [-0.39, 0.29) is 18.4 Å². The van der Waals surface area contributed by atoms with Crippen molar-refractivity contribution >= 4 is 11.9 Å². The van der Waals surface area contributed by atoms with E-state index in [2.05, 4.69) is 0 Å². The van der Waals surface area contributed by atoms with Crippen LogP contribution >= 0.6 is 0 Å². The molecule has 1 N–H and O–H groups in total. The fourth-order valence-corrected chi connectivity index (χ4v) is 3.44. The highest BCUT2D eigenvalue weighted by Crippen LogP contribution is 2.43. The number of aliphatic carboxylic acids is 1. The molecule has 0 aromatic carbocycles. The Bertz CT molecular complexity index is 329. The van der Waals surface area contributed by atoms with Crippen LogP contribution in [0.1, 0.15) is 65.7 Å².